The molecule has 0 aliphatic rings. The van der Waals surface area contributed by atoms with E-state index in [0.717, 1.165) is 23.2 Å². The van der Waals surface area contributed by atoms with Crippen LogP contribution in [-0.4, -0.2) is 21.8 Å². The molecular weight excluding hydrogens is 260 g/mol. The molecule has 0 fully saturated rings. The molecule has 0 saturated heterocycles. The first kappa shape index (κ1) is 13.9. The molecule has 2 rings (SSSR count). The first-order chi connectivity index (χ1) is 9.49. The van der Waals surface area contributed by atoms with Crippen LogP contribution in [0.3, 0.4) is 0 Å². The minimum absolute atomic E-state index is 0.0711. The maximum Gasteiger partial charge on any atom is 0.310 e. The third kappa shape index (κ3) is 2.18. The standard InChI is InChI=1S/C13H16N4O3/c1-4-9-12(15-16(2)13(9)14)8-5-6-10(17(18)19)11(7-8)20-3/h5-7H,4,14H2,1-3H3. The first-order valence-corrected chi connectivity index (χ1v) is 6.13. The Hall–Kier alpha value is -2.57. The summed E-state index contributed by atoms with van der Waals surface area (Å²) in [4.78, 5) is 10.4. The van der Waals surface area contributed by atoms with E-state index in [-0.39, 0.29) is 11.4 Å². The van der Waals surface area contributed by atoms with Gasteiger partial charge < -0.3 is 10.5 Å². The molecule has 0 bridgehead atoms. The van der Waals surface area contributed by atoms with Gasteiger partial charge in [-0.1, -0.05) is 6.92 Å². The fraction of sp³-hybridized carbons (Fsp3) is 0.308. The van der Waals surface area contributed by atoms with E-state index >= 15 is 0 Å². The van der Waals surface area contributed by atoms with E-state index in [1.165, 1.54) is 13.2 Å². The zero-order valence-electron chi connectivity index (χ0n) is 11.6. The number of nitro benzene ring substituents is 1. The fourth-order valence-electron chi connectivity index (χ4n) is 2.14. The van der Waals surface area contributed by atoms with Crippen molar-refractivity contribution in [3.05, 3.63) is 33.9 Å². The van der Waals surface area contributed by atoms with Gasteiger partial charge in [0, 0.05) is 24.2 Å². The number of hydrogen-bond acceptors (Lipinski definition) is 5. The molecule has 0 spiro atoms. The molecule has 2 N–H and O–H groups in total. The summed E-state index contributed by atoms with van der Waals surface area (Å²) in [6.45, 7) is 1.99. The molecular formula is C13H16N4O3. The number of aromatic nitrogens is 2. The zero-order valence-corrected chi connectivity index (χ0v) is 11.6. The Morgan fingerprint density at radius 1 is 1.50 bits per heavy atom. The molecule has 7 nitrogen and oxygen atoms in total. The number of aryl methyl sites for hydroxylation is 1. The monoisotopic (exact) mass is 276 g/mol. The van der Waals surface area contributed by atoms with Gasteiger partial charge in [0.1, 0.15) is 5.82 Å². The van der Waals surface area contributed by atoms with Crippen LogP contribution in [0.15, 0.2) is 18.2 Å². The van der Waals surface area contributed by atoms with Crippen LogP contribution in [0.5, 0.6) is 5.75 Å². The van der Waals surface area contributed by atoms with E-state index in [2.05, 4.69) is 5.10 Å². The quantitative estimate of drug-likeness (QED) is 0.681. The normalized spacial score (nSPS) is 10.6. The second-order valence-electron chi connectivity index (χ2n) is 4.33. The highest BCUT2D eigenvalue weighted by Gasteiger charge is 2.19. The van der Waals surface area contributed by atoms with Crippen molar-refractivity contribution >= 4 is 11.5 Å². The third-order valence-corrected chi connectivity index (χ3v) is 3.20. The number of rotatable bonds is 4. The molecule has 0 amide bonds. The molecule has 106 valence electrons. The minimum Gasteiger partial charge on any atom is -0.490 e. The van der Waals surface area contributed by atoms with Gasteiger partial charge in [0.15, 0.2) is 5.75 Å². The van der Waals surface area contributed by atoms with Gasteiger partial charge in [-0.2, -0.15) is 5.10 Å². The Balaban J connectivity index is 2.59. The maximum absolute atomic E-state index is 10.9. The van der Waals surface area contributed by atoms with Gasteiger partial charge in [0.05, 0.1) is 17.7 Å². The number of nitrogens with two attached hydrogens (primary N) is 1. The van der Waals surface area contributed by atoms with Crippen molar-refractivity contribution in [3.8, 4) is 17.0 Å². The number of benzene rings is 1. The van der Waals surface area contributed by atoms with Crippen molar-refractivity contribution in [3.63, 3.8) is 0 Å². The summed E-state index contributed by atoms with van der Waals surface area (Å²) >= 11 is 0. The molecule has 1 aromatic carbocycles. The molecule has 7 heteroatoms. The lowest BCUT2D eigenvalue weighted by molar-refractivity contribution is -0.385. The van der Waals surface area contributed by atoms with Crippen molar-refractivity contribution in [2.75, 3.05) is 12.8 Å². The topological polar surface area (TPSA) is 96.2 Å². The highest BCUT2D eigenvalue weighted by atomic mass is 16.6. The minimum atomic E-state index is -0.476. The predicted molar refractivity (Wildman–Crippen MR) is 75.6 cm³/mol. The van der Waals surface area contributed by atoms with Gasteiger partial charge in [-0.3, -0.25) is 14.8 Å². The molecule has 0 saturated carbocycles. The smallest absolute Gasteiger partial charge is 0.310 e. The summed E-state index contributed by atoms with van der Waals surface area (Å²) in [6.07, 6.45) is 0.730. The van der Waals surface area contributed by atoms with E-state index in [4.69, 9.17) is 10.5 Å². The summed E-state index contributed by atoms with van der Waals surface area (Å²) in [5.41, 5.74) is 8.28. The summed E-state index contributed by atoms with van der Waals surface area (Å²) < 4.78 is 6.67. The van der Waals surface area contributed by atoms with Crippen LogP contribution in [0.4, 0.5) is 11.5 Å². The van der Waals surface area contributed by atoms with Crippen molar-refractivity contribution in [1.82, 2.24) is 9.78 Å². The average molecular weight is 276 g/mol. The number of hydrogen-bond donors (Lipinski definition) is 1. The van der Waals surface area contributed by atoms with Crippen LogP contribution in [0, 0.1) is 10.1 Å². The highest BCUT2D eigenvalue weighted by Crippen LogP contribution is 2.34. The number of nitrogens with zero attached hydrogens (tertiary/aromatic N) is 3. The Kier molecular flexibility index (Phi) is 3.60. The summed E-state index contributed by atoms with van der Waals surface area (Å²) in [5, 5.41) is 15.3. The van der Waals surface area contributed by atoms with Gasteiger partial charge in [-0.05, 0) is 18.6 Å². The van der Waals surface area contributed by atoms with Gasteiger partial charge in [0.2, 0.25) is 0 Å². The van der Waals surface area contributed by atoms with Crippen LogP contribution in [0.2, 0.25) is 0 Å². The van der Waals surface area contributed by atoms with E-state index in [1.54, 1.807) is 23.9 Å². The van der Waals surface area contributed by atoms with Crippen molar-refractivity contribution < 1.29 is 9.66 Å². The Morgan fingerprint density at radius 3 is 2.75 bits per heavy atom. The molecule has 0 unspecified atom stereocenters. The number of ether oxygens (including phenoxy) is 1. The number of nitrogen functional groups attached to an aromatic ring is 1. The number of anilines is 1. The largest absolute Gasteiger partial charge is 0.490 e. The Labute approximate surface area is 116 Å². The lowest BCUT2D eigenvalue weighted by Crippen LogP contribution is -1.98. The summed E-state index contributed by atoms with van der Waals surface area (Å²) in [5.74, 6) is 0.804. The molecule has 1 heterocycles. The van der Waals surface area contributed by atoms with Crippen LogP contribution in [-0.2, 0) is 13.5 Å². The summed E-state index contributed by atoms with van der Waals surface area (Å²) in [7, 11) is 3.17. The molecule has 20 heavy (non-hydrogen) atoms. The van der Waals surface area contributed by atoms with Crippen LogP contribution in [0.1, 0.15) is 12.5 Å². The fourth-order valence-corrected chi connectivity index (χ4v) is 2.14. The molecule has 0 aliphatic heterocycles. The molecule has 0 aliphatic carbocycles. The molecule has 0 radical (unpaired) electrons. The van der Waals surface area contributed by atoms with Gasteiger partial charge in [-0.25, -0.2) is 0 Å². The second kappa shape index (κ2) is 5.20. The van der Waals surface area contributed by atoms with Gasteiger partial charge >= 0.3 is 5.69 Å². The average Bonchev–Trinajstić information content (AvgIpc) is 2.73. The molecule has 1 aromatic heterocycles. The third-order valence-electron chi connectivity index (χ3n) is 3.20. The maximum atomic E-state index is 10.9. The van der Waals surface area contributed by atoms with Crippen LogP contribution < -0.4 is 10.5 Å². The van der Waals surface area contributed by atoms with E-state index in [1.807, 2.05) is 6.92 Å². The lowest BCUT2D eigenvalue weighted by Gasteiger charge is -2.05. The Morgan fingerprint density at radius 2 is 2.20 bits per heavy atom. The zero-order chi connectivity index (χ0) is 14.9. The molecule has 0 atom stereocenters. The number of nitro groups is 1. The molecule has 2 aromatic rings. The van der Waals surface area contributed by atoms with Crippen LogP contribution in [0.25, 0.3) is 11.3 Å². The van der Waals surface area contributed by atoms with E-state index < -0.39 is 4.92 Å². The summed E-state index contributed by atoms with van der Waals surface area (Å²) in [6, 6.07) is 4.68. The van der Waals surface area contributed by atoms with Crippen molar-refractivity contribution in [1.29, 1.82) is 0 Å². The van der Waals surface area contributed by atoms with E-state index in [9.17, 15) is 10.1 Å². The van der Waals surface area contributed by atoms with Crippen molar-refractivity contribution in [2.45, 2.75) is 13.3 Å². The van der Waals surface area contributed by atoms with Crippen LogP contribution >= 0.6 is 0 Å². The van der Waals surface area contributed by atoms with E-state index in [0.29, 0.717) is 5.82 Å². The Bertz CT molecular complexity index is 664. The van der Waals surface area contributed by atoms with Gasteiger partial charge in [0.25, 0.3) is 0 Å². The predicted octanol–water partition coefficient (Wildman–Crippen LogP) is 2.15. The SMILES string of the molecule is CCc1c(-c2ccc([N+](=O)[O-])c(OC)c2)nn(C)c1N. The highest BCUT2D eigenvalue weighted by molar-refractivity contribution is 5.71. The first-order valence-electron chi connectivity index (χ1n) is 6.13. The van der Waals surface area contributed by atoms with Gasteiger partial charge in [-0.15, -0.1) is 0 Å². The second-order valence-corrected chi connectivity index (χ2v) is 4.33. The number of methoxy groups -OCH3 is 1. The van der Waals surface area contributed by atoms with Crippen molar-refractivity contribution in [2.24, 2.45) is 7.05 Å². The lowest BCUT2D eigenvalue weighted by atomic mass is 10.0.